The number of hydrogen-bond acceptors (Lipinski definition) is 6. The highest BCUT2D eigenvalue weighted by Gasteiger charge is 2.38. The molecule has 0 radical (unpaired) electrons. The highest BCUT2D eigenvalue weighted by Crippen LogP contribution is 2.39. The summed E-state index contributed by atoms with van der Waals surface area (Å²) >= 11 is 1.28. The zero-order valence-electron chi connectivity index (χ0n) is 17.7. The molecule has 1 saturated carbocycles. The van der Waals surface area contributed by atoms with Gasteiger partial charge >= 0.3 is 5.97 Å². The summed E-state index contributed by atoms with van der Waals surface area (Å²) in [6.45, 7) is 0. The zero-order valence-corrected chi connectivity index (χ0v) is 18.5. The number of methoxy groups -OCH3 is 1. The molecule has 32 heavy (non-hydrogen) atoms. The number of rotatable bonds is 5. The van der Waals surface area contributed by atoms with Crippen molar-refractivity contribution in [3.05, 3.63) is 58.5 Å². The first-order chi connectivity index (χ1) is 15.5. The van der Waals surface area contributed by atoms with Crippen LogP contribution in [0.2, 0.25) is 0 Å². The van der Waals surface area contributed by atoms with Gasteiger partial charge in [0.15, 0.2) is 16.7 Å². The van der Waals surface area contributed by atoms with Crippen molar-refractivity contribution >= 4 is 40.6 Å². The van der Waals surface area contributed by atoms with E-state index in [0.29, 0.717) is 21.5 Å². The maximum Gasteiger partial charge on any atom is 0.335 e. The number of benzene rings is 2. The largest absolute Gasteiger partial charge is 0.504 e. The molecule has 1 saturated heterocycles. The third-order valence-electron chi connectivity index (χ3n) is 5.60. The summed E-state index contributed by atoms with van der Waals surface area (Å²) in [4.78, 5) is 31.7. The molecule has 1 amide bonds. The first-order valence-corrected chi connectivity index (χ1v) is 11.3. The highest BCUT2D eigenvalue weighted by molar-refractivity contribution is 8.18. The number of amides is 1. The van der Waals surface area contributed by atoms with Gasteiger partial charge < -0.3 is 14.9 Å². The summed E-state index contributed by atoms with van der Waals surface area (Å²) in [6.07, 6.45) is 6.89. The Bertz CT molecular complexity index is 1110. The zero-order chi connectivity index (χ0) is 22.7. The van der Waals surface area contributed by atoms with Crippen LogP contribution in [0.3, 0.4) is 0 Å². The molecule has 4 rings (SSSR count). The molecule has 8 heteroatoms. The molecule has 0 spiro atoms. The fourth-order valence-corrected chi connectivity index (χ4v) is 5.04. The molecule has 166 valence electrons. The summed E-state index contributed by atoms with van der Waals surface area (Å²) in [5.74, 6) is -0.766. The second-order valence-electron chi connectivity index (χ2n) is 7.76. The minimum atomic E-state index is -1.02. The Hall–Kier alpha value is -3.26. The van der Waals surface area contributed by atoms with E-state index in [1.165, 1.54) is 37.1 Å². The number of carboxylic acid groups (broad SMARTS) is 1. The standard InChI is InChI=1S/C24H24N2O5S/c1-31-20-12-15(10-11-19(20)27)13-21-22(28)26(18-8-3-2-4-9-18)24(32-21)25-17-7-5-6-16(14-17)23(29)30/h5-7,10-14,18,27H,2-4,8-9H2,1H3,(H,29,30)/b21-13-,25-24?. The van der Waals surface area contributed by atoms with Gasteiger partial charge in [0, 0.05) is 6.04 Å². The van der Waals surface area contributed by atoms with Gasteiger partial charge in [-0.15, -0.1) is 0 Å². The lowest BCUT2D eigenvalue weighted by Gasteiger charge is -2.30. The van der Waals surface area contributed by atoms with Crippen molar-refractivity contribution in [2.75, 3.05) is 7.11 Å². The van der Waals surface area contributed by atoms with E-state index in [1.807, 2.05) is 0 Å². The first kappa shape index (κ1) is 22.0. The molecule has 1 aliphatic heterocycles. The van der Waals surface area contributed by atoms with E-state index >= 15 is 0 Å². The average molecular weight is 453 g/mol. The molecule has 1 aliphatic carbocycles. The Balaban J connectivity index is 1.71. The van der Waals surface area contributed by atoms with Gasteiger partial charge in [-0.05, 0) is 66.6 Å². The molecule has 0 aromatic heterocycles. The quantitative estimate of drug-likeness (QED) is 0.617. The molecule has 2 N–H and O–H groups in total. The number of carboxylic acids is 1. The number of thioether (sulfide) groups is 1. The first-order valence-electron chi connectivity index (χ1n) is 10.5. The Kier molecular flexibility index (Phi) is 6.50. The molecule has 0 atom stereocenters. The van der Waals surface area contributed by atoms with Gasteiger partial charge in [-0.1, -0.05) is 31.4 Å². The monoisotopic (exact) mass is 452 g/mol. The highest BCUT2D eigenvalue weighted by atomic mass is 32.2. The molecule has 2 aromatic carbocycles. The number of amidine groups is 1. The van der Waals surface area contributed by atoms with Crippen molar-refractivity contribution in [2.24, 2.45) is 4.99 Å². The van der Waals surface area contributed by atoms with Gasteiger partial charge in [-0.2, -0.15) is 0 Å². The second-order valence-corrected chi connectivity index (χ2v) is 8.77. The van der Waals surface area contributed by atoms with E-state index in [9.17, 15) is 19.8 Å². The van der Waals surface area contributed by atoms with Crippen LogP contribution in [0.25, 0.3) is 6.08 Å². The maximum atomic E-state index is 13.4. The van der Waals surface area contributed by atoms with Crippen molar-refractivity contribution < 1.29 is 24.5 Å². The van der Waals surface area contributed by atoms with Gasteiger partial charge in [0.2, 0.25) is 0 Å². The SMILES string of the molecule is COc1cc(/C=C2\SC(=Nc3cccc(C(=O)O)c3)N(C3CCCCC3)C2=O)ccc1O. The van der Waals surface area contributed by atoms with Crippen molar-refractivity contribution in [3.8, 4) is 11.5 Å². The van der Waals surface area contributed by atoms with Gasteiger partial charge in [0.05, 0.1) is 23.3 Å². The molecule has 0 unspecified atom stereocenters. The summed E-state index contributed by atoms with van der Waals surface area (Å²) < 4.78 is 5.17. The number of hydrogen-bond donors (Lipinski definition) is 2. The van der Waals surface area contributed by atoms with Crippen molar-refractivity contribution in [1.82, 2.24) is 4.90 Å². The van der Waals surface area contributed by atoms with Crippen LogP contribution in [0.15, 0.2) is 52.4 Å². The van der Waals surface area contributed by atoms with E-state index in [2.05, 4.69) is 4.99 Å². The van der Waals surface area contributed by atoms with E-state index in [0.717, 1.165) is 37.7 Å². The lowest BCUT2D eigenvalue weighted by Crippen LogP contribution is -2.40. The molecule has 0 bridgehead atoms. The van der Waals surface area contributed by atoms with Gasteiger partial charge in [-0.3, -0.25) is 9.69 Å². The number of aromatic hydroxyl groups is 1. The second kappa shape index (κ2) is 9.48. The minimum Gasteiger partial charge on any atom is -0.504 e. The molecule has 2 aromatic rings. The van der Waals surface area contributed by atoms with Gasteiger partial charge in [-0.25, -0.2) is 9.79 Å². The van der Waals surface area contributed by atoms with Crippen LogP contribution in [0.4, 0.5) is 5.69 Å². The predicted octanol–water partition coefficient (Wildman–Crippen LogP) is 5.04. The van der Waals surface area contributed by atoms with Crippen molar-refractivity contribution in [1.29, 1.82) is 0 Å². The van der Waals surface area contributed by atoms with E-state index < -0.39 is 5.97 Å². The number of carbonyl (C=O) groups excluding carboxylic acids is 1. The number of ether oxygens (including phenoxy) is 1. The van der Waals surface area contributed by atoms with Crippen LogP contribution >= 0.6 is 11.8 Å². The molecule has 2 aliphatic rings. The fourth-order valence-electron chi connectivity index (χ4n) is 3.98. The Morgan fingerprint density at radius 1 is 1.19 bits per heavy atom. The fraction of sp³-hybridized carbons (Fsp3) is 0.292. The van der Waals surface area contributed by atoms with E-state index in [-0.39, 0.29) is 23.3 Å². The van der Waals surface area contributed by atoms with Gasteiger partial charge in [0.25, 0.3) is 5.91 Å². The molecule has 7 nitrogen and oxygen atoms in total. The number of nitrogens with zero attached hydrogens (tertiary/aromatic N) is 2. The third-order valence-corrected chi connectivity index (χ3v) is 6.58. The summed E-state index contributed by atoms with van der Waals surface area (Å²) in [5, 5.41) is 19.7. The molecule has 1 heterocycles. The third kappa shape index (κ3) is 4.65. The maximum absolute atomic E-state index is 13.4. The number of phenols is 1. The molecular formula is C24H24N2O5S. The molecular weight excluding hydrogens is 428 g/mol. The van der Waals surface area contributed by atoms with Crippen molar-refractivity contribution in [3.63, 3.8) is 0 Å². The van der Waals surface area contributed by atoms with Crippen LogP contribution in [-0.2, 0) is 4.79 Å². The summed E-state index contributed by atoms with van der Waals surface area (Å²) in [5.41, 5.74) is 1.37. The number of aliphatic imine (C=N–C) groups is 1. The Labute approximate surface area is 190 Å². The topological polar surface area (TPSA) is 99.4 Å². The van der Waals surface area contributed by atoms with Crippen molar-refractivity contribution in [2.45, 2.75) is 38.1 Å². The Morgan fingerprint density at radius 3 is 2.69 bits per heavy atom. The number of carbonyl (C=O) groups is 2. The number of phenolic OH excluding ortho intramolecular Hbond substituents is 1. The lowest BCUT2D eigenvalue weighted by atomic mass is 9.94. The van der Waals surface area contributed by atoms with Crippen LogP contribution < -0.4 is 4.74 Å². The predicted molar refractivity (Wildman–Crippen MR) is 124 cm³/mol. The van der Waals surface area contributed by atoms with Crippen LogP contribution in [0.1, 0.15) is 48.0 Å². The summed E-state index contributed by atoms with van der Waals surface area (Å²) in [7, 11) is 1.47. The normalized spacial score (nSPS) is 19.7. The van der Waals surface area contributed by atoms with E-state index in [1.54, 1.807) is 35.2 Å². The van der Waals surface area contributed by atoms with E-state index in [4.69, 9.17) is 4.74 Å². The minimum absolute atomic E-state index is 0.0319. The Morgan fingerprint density at radius 2 is 1.97 bits per heavy atom. The molecule has 2 fully saturated rings. The van der Waals surface area contributed by atoms with Crippen LogP contribution in [0.5, 0.6) is 11.5 Å². The van der Waals surface area contributed by atoms with Crippen LogP contribution in [0, 0.1) is 0 Å². The average Bonchev–Trinajstić information content (AvgIpc) is 3.10. The summed E-state index contributed by atoms with van der Waals surface area (Å²) in [6, 6.07) is 11.4. The smallest absolute Gasteiger partial charge is 0.335 e. The van der Waals surface area contributed by atoms with Crippen LogP contribution in [-0.4, -0.2) is 45.3 Å². The lowest BCUT2D eigenvalue weighted by molar-refractivity contribution is -0.124. The van der Waals surface area contributed by atoms with Gasteiger partial charge in [0.1, 0.15) is 0 Å². The number of aromatic carboxylic acids is 1.